The largest absolute Gasteiger partial charge is 0.394 e. The van der Waals surface area contributed by atoms with Gasteiger partial charge in [-0.3, -0.25) is 0 Å². The lowest BCUT2D eigenvalue weighted by Gasteiger charge is -2.11. The maximum atomic E-state index is 8.17. The van der Waals surface area contributed by atoms with E-state index in [-0.39, 0.29) is 34.2 Å². The van der Waals surface area contributed by atoms with E-state index < -0.39 is 12.9 Å². The molecule has 0 aliphatic carbocycles. The molecule has 0 radical (unpaired) electrons. The maximum Gasteiger partial charge on any atom is 0.140 e. The Morgan fingerprint density at radius 3 is 1.09 bits per heavy atom. The van der Waals surface area contributed by atoms with Gasteiger partial charge in [-0.2, -0.15) is 0 Å². The first-order valence-corrected chi connectivity index (χ1v) is 6.01. The van der Waals surface area contributed by atoms with Crippen LogP contribution in [0.3, 0.4) is 0 Å². The molecule has 0 saturated carbocycles. The van der Waals surface area contributed by atoms with E-state index in [4.69, 9.17) is 39.7 Å². The zero-order valence-electron chi connectivity index (χ0n) is 13.6. The second-order valence-corrected chi connectivity index (χ2v) is 3.34. The second kappa shape index (κ2) is 43.0. The van der Waals surface area contributed by atoms with Crippen LogP contribution < -0.4 is 0 Å². The summed E-state index contributed by atoms with van der Waals surface area (Å²) < 4.78 is 18.9. The summed E-state index contributed by atoms with van der Waals surface area (Å²) in [6.45, 7) is -0.304. The Morgan fingerprint density at radius 2 is 1.00 bits per heavy atom. The monoisotopic (exact) mass is 352 g/mol. The third kappa shape index (κ3) is 61.6. The van der Waals surface area contributed by atoms with E-state index in [0.717, 1.165) is 0 Å². The van der Waals surface area contributed by atoms with Crippen LogP contribution in [0.4, 0.5) is 0 Å². The fraction of sp³-hybridized carbons (Fsp3) is 1.00. The van der Waals surface area contributed by atoms with E-state index in [0.29, 0.717) is 13.2 Å². The minimum Gasteiger partial charge on any atom is -0.394 e. The van der Waals surface area contributed by atoms with Gasteiger partial charge >= 0.3 is 0 Å². The van der Waals surface area contributed by atoms with Crippen molar-refractivity contribution < 1.29 is 44.5 Å². The molecule has 0 aliphatic heterocycles. The van der Waals surface area contributed by atoms with Crippen LogP contribution in [-0.4, -0.2) is 107 Å². The highest BCUT2D eigenvalue weighted by atomic mass is 16.5. The summed E-state index contributed by atoms with van der Waals surface area (Å²) in [5.41, 5.74) is 0. The van der Waals surface area contributed by atoms with Crippen molar-refractivity contribution in [3.8, 4) is 0 Å². The third-order valence-corrected chi connectivity index (χ3v) is 1.46. The van der Waals surface area contributed by atoms with Gasteiger partial charge in [0, 0.05) is 35.5 Å². The molecule has 150 valence electrons. The predicted octanol–water partition coefficient (Wildman–Crippen LogP) is -0.911. The van der Waals surface area contributed by atoms with Crippen molar-refractivity contribution in [3.05, 3.63) is 0 Å². The first-order chi connectivity index (χ1) is 9.98. The van der Waals surface area contributed by atoms with Crippen LogP contribution in [0.1, 0.15) is 14.9 Å². The van der Waals surface area contributed by atoms with Gasteiger partial charge in [-0.25, -0.2) is 0 Å². The molecule has 0 heterocycles. The first-order valence-electron chi connectivity index (χ1n) is 6.01. The summed E-state index contributed by atoms with van der Waals surface area (Å²) >= 11 is 0. The van der Waals surface area contributed by atoms with Crippen molar-refractivity contribution >= 4 is 0 Å². The lowest BCUT2D eigenvalue weighted by Crippen LogP contribution is -2.22. The number of rotatable bonds is 7. The Kier molecular flexibility index (Phi) is 71.6. The molecule has 0 unspecified atom stereocenters. The summed E-state index contributed by atoms with van der Waals surface area (Å²) in [4.78, 5) is 0. The molecule has 0 aliphatic rings. The van der Waals surface area contributed by atoms with Crippen molar-refractivity contribution in [2.24, 2.45) is 0 Å². The molecule has 0 bridgehead atoms. The van der Waals surface area contributed by atoms with Crippen molar-refractivity contribution in [1.82, 2.24) is 0 Å². The Labute approximate surface area is 141 Å². The fourth-order valence-corrected chi connectivity index (χ4v) is 0.614. The summed E-state index contributed by atoms with van der Waals surface area (Å²) in [6, 6.07) is 0. The van der Waals surface area contributed by atoms with E-state index in [1.165, 1.54) is 0 Å². The lowest BCUT2D eigenvalue weighted by atomic mass is 10.4. The summed E-state index contributed by atoms with van der Waals surface area (Å²) in [5.74, 6) is 0. The van der Waals surface area contributed by atoms with Crippen molar-refractivity contribution in [2.45, 2.75) is 27.1 Å². The lowest BCUT2D eigenvalue weighted by molar-refractivity contribution is -0.0178. The number of hydrogen-bond acceptors (Lipinski definition) is 9. The molecule has 0 amide bonds. The highest BCUT2D eigenvalue weighted by Gasteiger charge is 2.03. The molecule has 0 rings (SSSR count). The Balaban J connectivity index is -0.0000000453. The highest BCUT2D eigenvalue weighted by molar-refractivity contribution is 4.51. The number of aliphatic hydroxyl groups excluding tert-OH is 4. The average molecular weight is 352 g/mol. The van der Waals surface area contributed by atoms with Gasteiger partial charge in [0.1, 0.15) is 19.0 Å². The molecule has 9 nitrogen and oxygen atoms in total. The molecule has 0 aromatic carbocycles. The molecule has 0 spiro atoms. The molecule has 23 heavy (non-hydrogen) atoms. The van der Waals surface area contributed by atoms with Gasteiger partial charge in [0.05, 0.1) is 26.4 Å². The summed E-state index contributed by atoms with van der Waals surface area (Å²) in [7, 11) is 8.17. The zero-order chi connectivity index (χ0) is 17.5. The number of hydrogen-bond donors (Lipinski definition) is 5. The molecule has 0 aromatic rings. The topological polar surface area (TPSA) is 138 Å². The van der Waals surface area contributed by atoms with Crippen LogP contribution in [0.5, 0.6) is 0 Å². The van der Waals surface area contributed by atoms with Crippen molar-refractivity contribution in [1.29, 1.82) is 0 Å². The normalized spacial score (nSPS) is 8.35. The van der Waals surface area contributed by atoms with Gasteiger partial charge in [0.15, 0.2) is 0 Å². The van der Waals surface area contributed by atoms with Crippen molar-refractivity contribution in [2.75, 3.05) is 68.8 Å². The maximum absolute atomic E-state index is 8.17. The molecule has 0 fully saturated rings. The molecular formula is C14H40O9. The quantitative estimate of drug-likeness (QED) is 0.369. The second-order valence-electron chi connectivity index (χ2n) is 3.34. The molecule has 0 aromatic heterocycles. The van der Waals surface area contributed by atoms with E-state index in [9.17, 15) is 0 Å². The van der Waals surface area contributed by atoms with E-state index in [1.807, 2.05) is 0 Å². The van der Waals surface area contributed by atoms with Crippen LogP contribution in [0.15, 0.2) is 0 Å². The van der Waals surface area contributed by atoms with Gasteiger partial charge in [0.25, 0.3) is 0 Å². The van der Waals surface area contributed by atoms with Gasteiger partial charge in [-0.1, -0.05) is 14.9 Å². The van der Waals surface area contributed by atoms with Gasteiger partial charge in [0.2, 0.25) is 0 Å². The third-order valence-electron chi connectivity index (χ3n) is 1.46. The number of methoxy groups -OCH3 is 4. The molecule has 0 atom stereocenters. The average Bonchev–Trinajstić information content (AvgIpc) is 2.48. The Morgan fingerprint density at radius 1 is 0.739 bits per heavy atom. The molecular weight excluding hydrogens is 312 g/mol. The number of ether oxygens (including phenoxy) is 4. The van der Waals surface area contributed by atoms with E-state index >= 15 is 0 Å². The van der Waals surface area contributed by atoms with Gasteiger partial charge < -0.3 is 44.5 Å². The van der Waals surface area contributed by atoms with E-state index in [2.05, 4.69) is 4.74 Å². The first kappa shape index (κ1) is 38.3. The van der Waals surface area contributed by atoms with Gasteiger partial charge in [-0.05, 0) is 0 Å². The highest BCUT2D eigenvalue weighted by Crippen LogP contribution is 1.89. The van der Waals surface area contributed by atoms with Crippen LogP contribution in [0, 0.1) is 0 Å². The van der Waals surface area contributed by atoms with Crippen LogP contribution in [0.25, 0.3) is 0 Å². The summed E-state index contributed by atoms with van der Waals surface area (Å²) in [5, 5.41) is 38.3. The van der Waals surface area contributed by atoms with Crippen LogP contribution in [-0.2, 0) is 18.9 Å². The SMILES string of the molecule is C.C.COC.COCC(COC)OC.OCC(O)CO.OCO. The van der Waals surface area contributed by atoms with Crippen LogP contribution in [0.2, 0.25) is 0 Å². The van der Waals surface area contributed by atoms with Crippen molar-refractivity contribution in [3.63, 3.8) is 0 Å². The fourth-order valence-electron chi connectivity index (χ4n) is 0.614. The summed E-state index contributed by atoms with van der Waals surface area (Å²) in [6.07, 6.45) is -0.884. The zero-order valence-corrected chi connectivity index (χ0v) is 13.6. The predicted molar refractivity (Wildman–Crippen MR) is 90.4 cm³/mol. The van der Waals surface area contributed by atoms with E-state index in [1.54, 1.807) is 35.5 Å². The van der Waals surface area contributed by atoms with Gasteiger partial charge in [-0.15, -0.1) is 0 Å². The Hall–Kier alpha value is -0.360. The smallest absolute Gasteiger partial charge is 0.140 e. The molecule has 5 N–H and O–H groups in total. The standard InChI is InChI=1S/C6H14O3.C3H8O3.C2H6O.CH4O2.2CH4/c1-7-4-6(9-3)5-8-2;4-1-3(6)2-5;1-3-2;2-1-3;;/h6H,4-5H2,1-3H3;3-6H,1-2H2;1-2H3;2-3H,1H2;2*1H4. The van der Waals surface area contributed by atoms with Crippen LogP contribution >= 0.6 is 0 Å². The minimum atomic E-state index is -0.954. The molecule has 0 saturated heterocycles. The minimum absolute atomic E-state index is 0. The number of aliphatic hydroxyl groups is 5. The molecule has 9 heteroatoms. The Bertz CT molecular complexity index is 127.